The number of aromatic hydroxyl groups is 1. The van der Waals surface area contributed by atoms with Crippen molar-refractivity contribution >= 4 is 22.9 Å². The standard InChI is InChI=1S/C24H22N4O4/c1-3-32-22-12-15(8-10-20(22)29)14-25-28-24(30)19-13-18(26-27-19)23-17-7-5-4-6-16(17)9-11-21(23)31-2/h4-14,29H,3H2,1-2H3,(H,26,27)(H,28,30)/b25-14-. The molecule has 8 heteroatoms. The number of hydrazone groups is 1. The largest absolute Gasteiger partial charge is 0.504 e. The quantitative estimate of drug-likeness (QED) is 0.302. The van der Waals surface area contributed by atoms with E-state index in [9.17, 15) is 9.90 Å². The molecule has 0 aliphatic heterocycles. The van der Waals surface area contributed by atoms with Crippen LogP contribution in [0.25, 0.3) is 22.0 Å². The van der Waals surface area contributed by atoms with Gasteiger partial charge >= 0.3 is 0 Å². The Labute approximate surface area is 184 Å². The van der Waals surface area contributed by atoms with E-state index in [1.54, 1.807) is 25.3 Å². The molecular weight excluding hydrogens is 408 g/mol. The highest BCUT2D eigenvalue weighted by molar-refractivity contribution is 6.00. The van der Waals surface area contributed by atoms with E-state index >= 15 is 0 Å². The molecule has 0 atom stereocenters. The van der Waals surface area contributed by atoms with Crippen LogP contribution in [0.3, 0.4) is 0 Å². The van der Waals surface area contributed by atoms with E-state index in [1.165, 1.54) is 12.3 Å². The summed E-state index contributed by atoms with van der Waals surface area (Å²) >= 11 is 0. The molecule has 0 aliphatic rings. The summed E-state index contributed by atoms with van der Waals surface area (Å²) in [5.41, 5.74) is 4.78. The molecule has 0 radical (unpaired) electrons. The number of H-pyrrole nitrogens is 1. The first-order valence-electron chi connectivity index (χ1n) is 10.0. The number of phenolic OH excluding ortho intramolecular Hbond substituents is 1. The fraction of sp³-hybridized carbons (Fsp3) is 0.125. The van der Waals surface area contributed by atoms with Crippen LogP contribution in [0.2, 0.25) is 0 Å². The number of amides is 1. The van der Waals surface area contributed by atoms with Crippen LogP contribution in [0.5, 0.6) is 17.2 Å². The van der Waals surface area contributed by atoms with Crippen molar-refractivity contribution in [2.45, 2.75) is 6.92 Å². The van der Waals surface area contributed by atoms with Crippen LogP contribution in [0, 0.1) is 0 Å². The van der Waals surface area contributed by atoms with Gasteiger partial charge in [-0.3, -0.25) is 9.89 Å². The molecule has 0 aliphatic carbocycles. The van der Waals surface area contributed by atoms with Crippen molar-refractivity contribution in [2.75, 3.05) is 13.7 Å². The van der Waals surface area contributed by atoms with E-state index < -0.39 is 5.91 Å². The molecule has 4 rings (SSSR count). The fourth-order valence-corrected chi connectivity index (χ4v) is 3.36. The van der Waals surface area contributed by atoms with Crippen LogP contribution in [0.15, 0.2) is 65.8 Å². The maximum absolute atomic E-state index is 12.5. The molecule has 1 amide bonds. The van der Waals surface area contributed by atoms with Crippen molar-refractivity contribution in [3.8, 4) is 28.5 Å². The van der Waals surface area contributed by atoms with Gasteiger partial charge in [-0.15, -0.1) is 0 Å². The summed E-state index contributed by atoms with van der Waals surface area (Å²) in [4.78, 5) is 12.5. The van der Waals surface area contributed by atoms with Crippen LogP contribution in [0.4, 0.5) is 0 Å². The van der Waals surface area contributed by atoms with Gasteiger partial charge in [-0.05, 0) is 53.6 Å². The van der Waals surface area contributed by atoms with Gasteiger partial charge in [-0.1, -0.05) is 30.3 Å². The highest BCUT2D eigenvalue weighted by Gasteiger charge is 2.16. The van der Waals surface area contributed by atoms with Gasteiger partial charge in [0.1, 0.15) is 11.4 Å². The number of rotatable bonds is 7. The van der Waals surface area contributed by atoms with Crippen molar-refractivity contribution in [3.63, 3.8) is 0 Å². The van der Waals surface area contributed by atoms with E-state index in [-0.39, 0.29) is 11.4 Å². The maximum atomic E-state index is 12.5. The van der Waals surface area contributed by atoms with Crippen molar-refractivity contribution in [2.24, 2.45) is 5.10 Å². The van der Waals surface area contributed by atoms with Crippen LogP contribution in [0.1, 0.15) is 23.0 Å². The number of aromatic nitrogens is 2. The first kappa shape index (κ1) is 20.9. The van der Waals surface area contributed by atoms with Crippen LogP contribution in [-0.4, -0.2) is 41.1 Å². The number of phenols is 1. The van der Waals surface area contributed by atoms with Crippen molar-refractivity contribution in [3.05, 3.63) is 71.9 Å². The number of carbonyl (C=O) groups excluding carboxylic acids is 1. The third kappa shape index (κ3) is 4.24. The first-order valence-corrected chi connectivity index (χ1v) is 10.0. The number of nitrogens with one attached hydrogen (secondary N) is 2. The Balaban J connectivity index is 1.54. The molecular formula is C24H22N4O4. The SMILES string of the molecule is CCOc1cc(/C=N\NC(=O)c2cc(-c3c(OC)ccc4ccccc34)n[nH]2)ccc1O. The Morgan fingerprint density at radius 2 is 2.00 bits per heavy atom. The van der Waals surface area contributed by atoms with Gasteiger partial charge in [-0.25, -0.2) is 5.43 Å². The number of methoxy groups -OCH3 is 1. The summed E-state index contributed by atoms with van der Waals surface area (Å²) in [6.45, 7) is 2.25. The van der Waals surface area contributed by atoms with Crippen molar-refractivity contribution in [1.82, 2.24) is 15.6 Å². The monoisotopic (exact) mass is 430 g/mol. The molecule has 4 aromatic rings. The van der Waals surface area contributed by atoms with E-state index in [1.807, 2.05) is 43.3 Å². The second-order valence-electron chi connectivity index (χ2n) is 6.89. The smallest absolute Gasteiger partial charge is 0.289 e. The molecule has 32 heavy (non-hydrogen) atoms. The summed E-state index contributed by atoms with van der Waals surface area (Å²) in [6, 6.07) is 18.2. The Morgan fingerprint density at radius 1 is 1.16 bits per heavy atom. The summed E-state index contributed by atoms with van der Waals surface area (Å²) in [6.07, 6.45) is 1.46. The number of hydrogen-bond donors (Lipinski definition) is 3. The Kier molecular flexibility index (Phi) is 6.03. The van der Waals surface area contributed by atoms with Crippen LogP contribution >= 0.6 is 0 Å². The number of aromatic amines is 1. The topological polar surface area (TPSA) is 109 Å². The summed E-state index contributed by atoms with van der Waals surface area (Å²) in [5, 5.41) is 22.8. The van der Waals surface area contributed by atoms with Crippen molar-refractivity contribution in [1.29, 1.82) is 0 Å². The lowest BCUT2D eigenvalue weighted by molar-refractivity contribution is 0.0950. The average molecular weight is 430 g/mol. The number of carbonyl (C=O) groups is 1. The van der Waals surface area contributed by atoms with Gasteiger partial charge in [0.15, 0.2) is 11.5 Å². The normalized spacial score (nSPS) is 11.1. The molecule has 3 N–H and O–H groups in total. The Bertz CT molecular complexity index is 1300. The summed E-state index contributed by atoms with van der Waals surface area (Å²) in [7, 11) is 1.60. The maximum Gasteiger partial charge on any atom is 0.289 e. The molecule has 1 heterocycles. The van der Waals surface area contributed by atoms with Crippen LogP contribution < -0.4 is 14.9 Å². The molecule has 0 fully saturated rings. The fourth-order valence-electron chi connectivity index (χ4n) is 3.36. The first-order chi connectivity index (χ1) is 15.6. The Morgan fingerprint density at radius 3 is 2.81 bits per heavy atom. The third-order valence-electron chi connectivity index (χ3n) is 4.85. The van der Waals surface area contributed by atoms with Gasteiger partial charge in [-0.2, -0.15) is 10.2 Å². The van der Waals surface area contributed by atoms with E-state index in [4.69, 9.17) is 9.47 Å². The molecule has 8 nitrogen and oxygen atoms in total. The highest BCUT2D eigenvalue weighted by Crippen LogP contribution is 2.36. The lowest BCUT2D eigenvalue weighted by Crippen LogP contribution is -2.18. The van der Waals surface area contributed by atoms with E-state index in [0.29, 0.717) is 29.4 Å². The molecule has 0 saturated carbocycles. The zero-order chi connectivity index (χ0) is 22.5. The van der Waals surface area contributed by atoms with Gasteiger partial charge < -0.3 is 14.6 Å². The minimum absolute atomic E-state index is 0.0434. The molecule has 0 unspecified atom stereocenters. The van der Waals surface area contributed by atoms with Crippen LogP contribution in [-0.2, 0) is 0 Å². The predicted molar refractivity (Wildman–Crippen MR) is 122 cm³/mol. The zero-order valence-electron chi connectivity index (χ0n) is 17.6. The molecule has 1 aromatic heterocycles. The van der Waals surface area contributed by atoms with Gasteiger partial charge in [0.25, 0.3) is 5.91 Å². The van der Waals surface area contributed by atoms with Gasteiger partial charge in [0.05, 0.1) is 31.2 Å². The predicted octanol–water partition coefficient (Wildman–Crippen LogP) is 4.11. The molecule has 0 saturated heterocycles. The molecule has 0 bridgehead atoms. The van der Waals surface area contributed by atoms with Gasteiger partial charge in [0.2, 0.25) is 0 Å². The lowest BCUT2D eigenvalue weighted by atomic mass is 10.0. The van der Waals surface area contributed by atoms with E-state index in [0.717, 1.165) is 16.3 Å². The van der Waals surface area contributed by atoms with Crippen molar-refractivity contribution < 1.29 is 19.4 Å². The number of benzene rings is 3. The second-order valence-corrected chi connectivity index (χ2v) is 6.89. The molecule has 162 valence electrons. The third-order valence-corrected chi connectivity index (χ3v) is 4.85. The zero-order valence-corrected chi connectivity index (χ0v) is 17.6. The number of ether oxygens (including phenoxy) is 2. The average Bonchev–Trinajstić information content (AvgIpc) is 3.30. The molecule has 0 spiro atoms. The van der Waals surface area contributed by atoms with Gasteiger partial charge in [0, 0.05) is 0 Å². The van der Waals surface area contributed by atoms with E-state index in [2.05, 4.69) is 20.7 Å². The Hall–Kier alpha value is -4.33. The highest BCUT2D eigenvalue weighted by atomic mass is 16.5. The minimum Gasteiger partial charge on any atom is -0.504 e. The second kappa shape index (κ2) is 9.22. The molecule has 3 aromatic carbocycles. The minimum atomic E-state index is -0.442. The summed E-state index contributed by atoms with van der Waals surface area (Å²) < 4.78 is 10.9. The number of hydrogen-bond acceptors (Lipinski definition) is 6. The summed E-state index contributed by atoms with van der Waals surface area (Å²) in [5.74, 6) is 0.618. The lowest BCUT2D eigenvalue weighted by Gasteiger charge is -2.09. The number of fused-ring (bicyclic) bond motifs is 1. The number of nitrogens with zero attached hydrogens (tertiary/aromatic N) is 2.